The molecule has 2 amide bonds. The molecule has 2 N–H and O–H groups in total. The Bertz CT molecular complexity index is 1240. The summed E-state index contributed by atoms with van der Waals surface area (Å²) in [6.45, 7) is 5.84. The highest BCUT2D eigenvalue weighted by Gasteiger charge is 2.15. The van der Waals surface area contributed by atoms with E-state index in [1.807, 2.05) is 39.0 Å². The molecule has 35 heavy (non-hydrogen) atoms. The molecule has 0 bridgehead atoms. The van der Waals surface area contributed by atoms with Gasteiger partial charge in [-0.1, -0.05) is 35.3 Å². The zero-order chi connectivity index (χ0) is 25.4. The Morgan fingerprint density at radius 1 is 1.03 bits per heavy atom. The van der Waals surface area contributed by atoms with Crippen LogP contribution < -0.4 is 20.2 Å². The van der Waals surface area contributed by atoms with Crippen LogP contribution in [0.2, 0.25) is 10.0 Å². The molecule has 0 unspecified atom stereocenters. The van der Waals surface area contributed by atoms with E-state index in [0.29, 0.717) is 28.5 Å². The molecule has 3 aromatic carbocycles. The van der Waals surface area contributed by atoms with Crippen molar-refractivity contribution in [2.24, 2.45) is 5.10 Å². The molecule has 0 radical (unpaired) electrons. The van der Waals surface area contributed by atoms with Crippen LogP contribution in [0, 0.1) is 13.8 Å². The van der Waals surface area contributed by atoms with Crippen LogP contribution >= 0.6 is 23.2 Å². The van der Waals surface area contributed by atoms with Crippen LogP contribution in [0.5, 0.6) is 11.5 Å². The van der Waals surface area contributed by atoms with Gasteiger partial charge in [0, 0.05) is 16.3 Å². The molecule has 9 heteroatoms. The Labute approximate surface area is 214 Å². The van der Waals surface area contributed by atoms with E-state index < -0.39 is 0 Å². The highest BCUT2D eigenvalue weighted by Crippen LogP contribution is 2.36. The molecule has 3 rings (SSSR count). The first-order valence-electron chi connectivity index (χ1n) is 10.8. The van der Waals surface area contributed by atoms with Crippen molar-refractivity contribution in [2.75, 3.05) is 18.5 Å². The zero-order valence-corrected chi connectivity index (χ0v) is 21.0. The molecule has 0 aliphatic heterocycles. The number of benzene rings is 3. The molecule has 0 atom stereocenters. The highest BCUT2D eigenvalue weighted by molar-refractivity contribution is 6.32. The Morgan fingerprint density at radius 2 is 1.77 bits per heavy atom. The fourth-order valence-corrected chi connectivity index (χ4v) is 3.51. The molecule has 182 valence electrons. The number of nitrogens with zero attached hydrogens (tertiary/aromatic N) is 1. The van der Waals surface area contributed by atoms with Crippen molar-refractivity contribution in [2.45, 2.75) is 20.8 Å². The molecule has 0 aromatic heterocycles. The van der Waals surface area contributed by atoms with Gasteiger partial charge in [-0.2, -0.15) is 5.10 Å². The largest absolute Gasteiger partial charge is 0.490 e. The van der Waals surface area contributed by atoms with Crippen LogP contribution in [0.15, 0.2) is 59.7 Å². The molecular weight excluding hydrogens is 489 g/mol. The van der Waals surface area contributed by atoms with Gasteiger partial charge in [-0.15, -0.1) is 0 Å². The predicted octanol–water partition coefficient (Wildman–Crippen LogP) is 5.79. The van der Waals surface area contributed by atoms with Crippen LogP contribution in [-0.4, -0.2) is 31.2 Å². The number of rotatable bonds is 9. The number of halogens is 2. The van der Waals surface area contributed by atoms with E-state index >= 15 is 0 Å². The molecule has 0 saturated carbocycles. The first-order chi connectivity index (χ1) is 16.8. The Hall–Kier alpha value is -3.55. The highest BCUT2D eigenvalue weighted by atomic mass is 35.5. The Morgan fingerprint density at radius 3 is 2.49 bits per heavy atom. The molecule has 0 fully saturated rings. The van der Waals surface area contributed by atoms with Gasteiger partial charge >= 0.3 is 0 Å². The van der Waals surface area contributed by atoms with Crippen molar-refractivity contribution in [3.05, 3.63) is 86.9 Å². The second-order valence-electron chi connectivity index (χ2n) is 7.55. The molecule has 0 aliphatic carbocycles. The topological polar surface area (TPSA) is 89.0 Å². The molecule has 0 spiro atoms. The van der Waals surface area contributed by atoms with E-state index in [2.05, 4.69) is 15.8 Å². The molecule has 0 heterocycles. The predicted molar refractivity (Wildman–Crippen MR) is 139 cm³/mol. The van der Waals surface area contributed by atoms with Gasteiger partial charge in [0.1, 0.15) is 0 Å². The summed E-state index contributed by atoms with van der Waals surface area (Å²) in [5, 5.41) is 7.59. The van der Waals surface area contributed by atoms with Gasteiger partial charge in [-0.3, -0.25) is 9.59 Å². The summed E-state index contributed by atoms with van der Waals surface area (Å²) >= 11 is 12.3. The van der Waals surface area contributed by atoms with Gasteiger partial charge in [-0.05, 0) is 79.9 Å². The van der Waals surface area contributed by atoms with Crippen molar-refractivity contribution in [1.29, 1.82) is 0 Å². The van der Waals surface area contributed by atoms with Crippen LogP contribution in [0.25, 0.3) is 0 Å². The van der Waals surface area contributed by atoms with Crippen molar-refractivity contribution < 1.29 is 19.1 Å². The summed E-state index contributed by atoms with van der Waals surface area (Å²) in [5.41, 5.74) is 6.22. The summed E-state index contributed by atoms with van der Waals surface area (Å²) in [6, 6.07) is 15.4. The fraction of sp³-hybridized carbons (Fsp3) is 0.192. The average Bonchev–Trinajstić information content (AvgIpc) is 2.82. The summed E-state index contributed by atoms with van der Waals surface area (Å²) in [7, 11) is 0. The summed E-state index contributed by atoms with van der Waals surface area (Å²) in [4.78, 5) is 24.6. The number of aryl methyl sites for hydroxylation is 1. The number of nitrogens with one attached hydrogen (secondary N) is 2. The first-order valence-corrected chi connectivity index (χ1v) is 11.6. The normalized spacial score (nSPS) is 10.8. The van der Waals surface area contributed by atoms with E-state index in [9.17, 15) is 9.59 Å². The fourth-order valence-electron chi connectivity index (χ4n) is 3.11. The second-order valence-corrected chi connectivity index (χ2v) is 8.40. The minimum absolute atomic E-state index is 0.237. The van der Waals surface area contributed by atoms with Crippen LogP contribution in [-0.2, 0) is 4.79 Å². The Balaban J connectivity index is 1.67. The SMILES string of the molecule is CCOc1cc(/C=N/NC(=O)c2ccc(Cl)cc2)cc(Cl)c1OCC(=O)Nc1cccc(C)c1C. The third kappa shape index (κ3) is 7.21. The lowest BCUT2D eigenvalue weighted by Crippen LogP contribution is -2.21. The van der Waals surface area contributed by atoms with Gasteiger partial charge in [0.05, 0.1) is 17.8 Å². The van der Waals surface area contributed by atoms with Gasteiger partial charge < -0.3 is 14.8 Å². The standard InChI is InChI=1S/C26H25Cl2N3O4/c1-4-34-23-13-18(14-29-31-26(33)19-8-10-20(27)11-9-19)12-21(28)25(23)35-15-24(32)30-22-7-5-6-16(2)17(22)3/h5-14H,4,15H2,1-3H3,(H,30,32)(H,31,33)/b29-14+. The van der Waals surface area contributed by atoms with E-state index in [-0.39, 0.29) is 29.2 Å². The van der Waals surface area contributed by atoms with Crippen molar-refractivity contribution in [3.63, 3.8) is 0 Å². The molecular formula is C26H25Cl2N3O4. The van der Waals surface area contributed by atoms with E-state index in [0.717, 1.165) is 16.8 Å². The van der Waals surface area contributed by atoms with Crippen LogP contribution in [0.3, 0.4) is 0 Å². The zero-order valence-electron chi connectivity index (χ0n) is 19.5. The second kappa shape index (κ2) is 12.2. The summed E-state index contributed by atoms with van der Waals surface area (Å²) < 4.78 is 11.3. The lowest BCUT2D eigenvalue weighted by molar-refractivity contribution is -0.118. The lowest BCUT2D eigenvalue weighted by atomic mass is 10.1. The van der Waals surface area contributed by atoms with Crippen LogP contribution in [0.4, 0.5) is 5.69 Å². The molecule has 0 saturated heterocycles. The maximum atomic E-state index is 12.4. The summed E-state index contributed by atoms with van der Waals surface area (Å²) in [6.07, 6.45) is 1.43. The van der Waals surface area contributed by atoms with Crippen molar-refractivity contribution >= 4 is 46.9 Å². The maximum Gasteiger partial charge on any atom is 0.271 e. The minimum atomic E-state index is -0.385. The first kappa shape index (κ1) is 26.1. The molecule has 3 aromatic rings. The number of anilines is 1. The number of carbonyl (C=O) groups is 2. The number of amides is 2. The third-order valence-corrected chi connectivity index (χ3v) is 5.58. The average molecular weight is 514 g/mol. The quantitative estimate of drug-likeness (QED) is 0.280. The van der Waals surface area contributed by atoms with Crippen LogP contribution in [0.1, 0.15) is 34.0 Å². The Kier molecular flexibility index (Phi) is 9.11. The number of hydrogen-bond donors (Lipinski definition) is 2. The van der Waals surface area contributed by atoms with Gasteiger partial charge in [0.25, 0.3) is 11.8 Å². The van der Waals surface area contributed by atoms with E-state index in [4.69, 9.17) is 32.7 Å². The van der Waals surface area contributed by atoms with Gasteiger partial charge in [-0.25, -0.2) is 5.43 Å². The third-order valence-electron chi connectivity index (χ3n) is 5.04. The lowest BCUT2D eigenvalue weighted by Gasteiger charge is -2.15. The number of carbonyl (C=O) groups excluding carboxylic acids is 2. The number of hydrazone groups is 1. The monoisotopic (exact) mass is 513 g/mol. The van der Waals surface area contributed by atoms with Gasteiger partial charge in [0.15, 0.2) is 18.1 Å². The molecule has 7 nitrogen and oxygen atoms in total. The number of hydrogen-bond acceptors (Lipinski definition) is 5. The minimum Gasteiger partial charge on any atom is -0.490 e. The maximum absolute atomic E-state index is 12.4. The number of ether oxygens (including phenoxy) is 2. The summed E-state index contributed by atoms with van der Waals surface area (Å²) in [5.74, 6) is -0.117. The van der Waals surface area contributed by atoms with Crippen molar-refractivity contribution in [1.82, 2.24) is 5.43 Å². The van der Waals surface area contributed by atoms with E-state index in [1.54, 1.807) is 36.4 Å². The smallest absolute Gasteiger partial charge is 0.271 e. The molecule has 0 aliphatic rings. The van der Waals surface area contributed by atoms with Gasteiger partial charge in [0.2, 0.25) is 0 Å². The van der Waals surface area contributed by atoms with E-state index in [1.165, 1.54) is 6.21 Å². The van der Waals surface area contributed by atoms with Crippen molar-refractivity contribution in [3.8, 4) is 11.5 Å².